The summed E-state index contributed by atoms with van der Waals surface area (Å²) in [4.78, 5) is 26.1. The van der Waals surface area contributed by atoms with Crippen LogP contribution in [0.3, 0.4) is 0 Å². The molecule has 0 spiro atoms. The van der Waals surface area contributed by atoms with Gasteiger partial charge in [0.15, 0.2) is 0 Å². The summed E-state index contributed by atoms with van der Waals surface area (Å²) >= 11 is 0. The van der Waals surface area contributed by atoms with Crippen molar-refractivity contribution in [3.05, 3.63) is 52.1 Å². The molecule has 1 aliphatic rings. The van der Waals surface area contributed by atoms with Gasteiger partial charge in [0, 0.05) is 18.7 Å². The van der Waals surface area contributed by atoms with E-state index < -0.39 is 10.9 Å². The third-order valence-corrected chi connectivity index (χ3v) is 6.06. The number of nitrogens with one attached hydrogen (secondary N) is 1. The Morgan fingerprint density at radius 1 is 1.24 bits per heavy atom. The molecule has 2 aromatic rings. The van der Waals surface area contributed by atoms with Gasteiger partial charge in [-0.25, -0.2) is 4.79 Å². The Labute approximate surface area is 193 Å². The van der Waals surface area contributed by atoms with Gasteiger partial charge in [-0.15, -0.1) is 0 Å². The van der Waals surface area contributed by atoms with E-state index in [-0.39, 0.29) is 29.1 Å². The van der Waals surface area contributed by atoms with E-state index in [1.165, 1.54) is 42.8 Å². The number of pyridine rings is 1. The van der Waals surface area contributed by atoms with Crippen molar-refractivity contribution < 1.29 is 24.3 Å². The molecular weight excluding hydrogens is 426 g/mol. The van der Waals surface area contributed by atoms with Gasteiger partial charge in [0.25, 0.3) is 0 Å². The van der Waals surface area contributed by atoms with Crippen LogP contribution in [0.25, 0.3) is 0 Å². The highest BCUT2D eigenvalue weighted by molar-refractivity contribution is 5.87. The summed E-state index contributed by atoms with van der Waals surface area (Å²) in [7, 11) is 0. The van der Waals surface area contributed by atoms with Crippen LogP contribution in [-0.4, -0.2) is 40.2 Å². The number of aromatic nitrogens is 1. The first kappa shape index (κ1) is 24.4. The molecule has 1 saturated carbocycles. The highest BCUT2D eigenvalue weighted by atomic mass is 16.6. The van der Waals surface area contributed by atoms with Crippen molar-refractivity contribution >= 4 is 17.5 Å². The lowest BCUT2D eigenvalue weighted by Crippen LogP contribution is -2.35. The van der Waals surface area contributed by atoms with Crippen LogP contribution < -0.4 is 10.1 Å². The van der Waals surface area contributed by atoms with Crippen LogP contribution in [0.4, 0.5) is 11.5 Å². The fourth-order valence-corrected chi connectivity index (χ4v) is 4.24. The minimum absolute atomic E-state index is 0.0978. The van der Waals surface area contributed by atoms with Crippen molar-refractivity contribution in [3.63, 3.8) is 0 Å². The lowest BCUT2D eigenvalue weighted by molar-refractivity contribution is -0.384. The molecule has 3 atom stereocenters. The number of nitro groups is 1. The van der Waals surface area contributed by atoms with Gasteiger partial charge in [0.1, 0.15) is 5.75 Å². The summed E-state index contributed by atoms with van der Waals surface area (Å²) in [5.74, 6) is 1.32. The molecule has 1 heterocycles. The Morgan fingerprint density at radius 2 is 1.97 bits per heavy atom. The number of hydrogen-bond acceptors (Lipinski definition) is 7. The second-order valence-electron chi connectivity index (χ2n) is 8.87. The molecule has 9 nitrogen and oxygen atoms in total. The largest absolute Gasteiger partial charge is 0.478 e. The van der Waals surface area contributed by atoms with E-state index in [1.807, 2.05) is 0 Å². The van der Waals surface area contributed by atoms with Gasteiger partial charge in [0.05, 0.1) is 23.2 Å². The number of carboxylic acids is 1. The standard InChI is InChI=1S/C24H31N3O6/c1-15(2)19-9-4-16(3)14-21(19)32-13-12-25-23-20(27(30)31)10-11-22(26-23)33-18-7-5-17(6-8-18)24(28)29/h5-8,10-11,15-16,19,21H,4,9,12-14H2,1-3H3,(H,25,26)(H,28,29). The maximum atomic E-state index is 11.4. The van der Waals surface area contributed by atoms with Gasteiger partial charge in [-0.05, 0) is 54.9 Å². The van der Waals surface area contributed by atoms with E-state index in [0.29, 0.717) is 36.7 Å². The lowest BCUT2D eigenvalue weighted by Gasteiger charge is -2.37. The zero-order chi connectivity index (χ0) is 24.0. The van der Waals surface area contributed by atoms with Crippen molar-refractivity contribution in [2.75, 3.05) is 18.5 Å². The molecule has 3 rings (SSSR count). The monoisotopic (exact) mass is 457 g/mol. The van der Waals surface area contributed by atoms with Gasteiger partial charge < -0.3 is 19.9 Å². The fraction of sp³-hybridized carbons (Fsp3) is 0.500. The molecule has 1 aromatic carbocycles. The summed E-state index contributed by atoms with van der Waals surface area (Å²) in [6, 6.07) is 8.57. The normalized spacial score (nSPS) is 20.4. The molecule has 0 aliphatic heterocycles. The van der Waals surface area contributed by atoms with Crippen LogP contribution >= 0.6 is 0 Å². The quantitative estimate of drug-likeness (QED) is 0.277. The Hall–Kier alpha value is -3.20. The van der Waals surface area contributed by atoms with Gasteiger partial charge >= 0.3 is 11.7 Å². The number of carboxylic acid groups (broad SMARTS) is 1. The first-order chi connectivity index (χ1) is 15.7. The van der Waals surface area contributed by atoms with E-state index in [0.717, 1.165) is 12.8 Å². The Kier molecular flexibility index (Phi) is 8.21. The summed E-state index contributed by atoms with van der Waals surface area (Å²) < 4.78 is 11.8. The van der Waals surface area contributed by atoms with Crippen LogP contribution in [-0.2, 0) is 4.74 Å². The third-order valence-electron chi connectivity index (χ3n) is 6.06. The Morgan fingerprint density at radius 3 is 2.61 bits per heavy atom. The maximum absolute atomic E-state index is 11.4. The van der Waals surface area contributed by atoms with E-state index in [9.17, 15) is 14.9 Å². The predicted molar refractivity (Wildman–Crippen MR) is 124 cm³/mol. The number of rotatable bonds is 10. The molecule has 9 heteroatoms. The number of anilines is 1. The number of ether oxygens (including phenoxy) is 2. The first-order valence-electron chi connectivity index (χ1n) is 11.3. The summed E-state index contributed by atoms with van der Waals surface area (Å²) in [6.45, 7) is 7.49. The molecule has 2 N–H and O–H groups in total. The van der Waals surface area contributed by atoms with E-state index in [4.69, 9.17) is 14.6 Å². The SMILES string of the molecule is CC1CCC(C(C)C)C(OCCNc2nc(Oc3ccc(C(=O)O)cc3)ccc2[N+](=O)[O-])C1. The average molecular weight is 458 g/mol. The Balaban J connectivity index is 1.62. The molecule has 3 unspecified atom stereocenters. The number of aromatic carboxylic acids is 1. The van der Waals surface area contributed by atoms with E-state index in [2.05, 4.69) is 31.1 Å². The van der Waals surface area contributed by atoms with Crippen molar-refractivity contribution in [2.24, 2.45) is 17.8 Å². The van der Waals surface area contributed by atoms with Crippen molar-refractivity contribution in [2.45, 2.75) is 46.1 Å². The minimum atomic E-state index is -1.04. The fourth-order valence-electron chi connectivity index (χ4n) is 4.24. The van der Waals surface area contributed by atoms with Gasteiger partial charge in [-0.3, -0.25) is 10.1 Å². The zero-order valence-electron chi connectivity index (χ0n) is 19.2. The molecule has 0 bridgehead atoms. The van der Waals surface area contributed by atoms with Crippen molar-refractivity contribution in [1.29, 1.82) is 0 Å². The molecule has 1 aliphatic carbocycles. The molecule has 178 valence electrons. The Bertz CT molecular complexity index is 963. The molecule has 0 amide bonds. The number of carbonyl (C=O) groups is 1. The smallest absolute Gasteiger partial charge is 0.335 e. The number of benzene rings is 1. The van der Waals surface area contributed by atoms with Crippen LogP contribution in [0.2, 0.25) is 0 Å². The van der Waals surface area contributed by atoms with Crippen molar-refractivity contribution in [3.8, 4) is 11.6 Å². The molecular formula is C24H31N3O6. The molecule has 33 heavy (non-hydrogen) atoms. The second kappa shape index (κ2) is 11.1. The maximum Gasteiger partial charge on any atom is 0.335 e. The second-order valence-corrected chi connectivity index (χ2v) is 8.87. The summed E-state index contributed by atoms with van der Waals surface area (Å²) in [6.07, 6.45) is 3.62. The molecule has 0 saturated heterocycles. The average Bonchev–Trinajstić information content (AvgIpc) is 2.77. The van der Waals surface area contributed by atoms with E-state index in [1.54, 1.807) is 0 Å². The number of nitrogens with zero attached hydrogens (tertiary/aromatic N) is 2. The van der Waals surface area contributed by atoms with Crippen LogP contribution in [0.5, 0.6) is 11.6 Å². The summed E-state index contributed by atoms with van der Waals surface area (Å²) in [5, 5.41) is 23.4. The topological polar surface area (TPSA) is 124 Å². The van der Waals surface area contributed by atoms with Crippen LogP contribution in [0.15, 0.2) is 36.4 Å². The summed E-state index contributed by atoms with van der Waals surface area (Å²) in [5.41, 5.74) is -0.0247. The predicted octanol–water partition coefficient (Wildman–Crippen LogP) is 5.37. The van der Waals surface area contributed by atoms with Crippen LogP contribution in [0.1, 0.15) is 50.4 Å². The first-order valence-corrected chi connectivity index (χ1v) is 11.3. The van der Waals surface area contributed by atoms with Gasteiger partial charge in [0.2, 0.25) is 11.7 Å². The lowest BCUT2D eigenvalue weighted by atomic mass is 9.75. The molecule has 1 fully saturated rings. The van der Waals surface area contributed by atoms with Gasteiger partial charge in [-0.1, -0.05) is 27.2 Å². The zero-order valence-corrected chi connectivity index (χ0v) is 19.2. The minimum Gasteiger partial charge on any atom is -0.478 e. The highest BCUT2D eigenvalue weighted by Crippen LogP contribution is 2.35. The third kappa shape index (κ3) is 6.64. The highest BCUT2D eigenvalue weighted by Gasteiger charge is 2.31. The number of hydrogen-bond donors (Lipinski definition) is 2. The van der Waals surface area contributed by atoms with Crippen molar-refractivity contribution in [1.82, 2.24) is 4.98 Å². The van der Waals surface area contributed by atoms with Crippen LogP contribution in [0, 0.1) is 27.9 Å². The van der Waals surface area contributed by atoms with E-state index >= 15 is 0 Å². The molecule has 0 radical (unpaired) electrons. The van der Waals surface area contributed by atoms with Gasteiger partial charge in [-0.2, -0.15) is 4.98 Å². The molecule has 1 aromatic heterocycles.